The van der Waals surface area contributed by atoms with Crippen LogP contribution in [0.3, 0.4) is 0 Å². The Morgan fingerprint density at radius 1 is 1.55 bits per heavy atom. The van der Waals surface area contributed by atoms with Crippen LogP contribution in [0.2, 0.25) is 0 Å². The van der Waals surface area contributed by atoms with Gasteiger partial charge in [-0.2, -0.15) is 0 Å². The number of amides is 1. The lowest BCUT2D eigenvalue weighted by molar-refractivity contribution is -0.114. The average molecular weight is 179 g/mol. The first kappa shape index (κ1) is 10.6. The topological polar surface area (TPSA) is 57.6 Å². The highest BCUT2D eigenvalue weighted by atomic mass is 32.2. The van der Waals surface area contributed by atoms with E-state index in [4.69, 9.17) is 4.55 Å². The van der Waals surface area contributed by atoms with Crippen molar-refractivity contribution >= 4 is 17.7 Å². The van der Waals surface area contributed by atoms with E-state index in [0.29, 0.717) is 13.0 Å². The normalized spacial score (nSPS) is 12.5. The Morgan fingerprint density at radius 2 is 2.18 bits per heavy atom. The lowest BCUT2D eigenvalue weighted by Crippen LogP contribution is -2.24. The number of unbranched alkanes of at least 4 members (excludes halogenated alkanes) is 2. The molecule has 0 spiro atoms. The van der Waals surface area contributed by atoms with Crippen molar-refractivity contribution in [3.8, 4) is 0 Å². The molecule has 4 nitrogen and oxygen atoms in total. The highest BCUT2D eigenvalue weighted by Crippen LogP contribution is 1.97. The molecule has 11 heavy (non-hydrogen) atoms. The van der Waals surface area contributed by atoms with Crippen molar-refractivity contribution in [2.75, 3.05) is 6.54 Å². The Hall–Kier alpha value is -0.420. The Labute approximate surface area is 69.0 Å². The maximum Gasteiger partial charge on any atom is 0.263 e. The van der Waals surface area contributed by atoms with Crippen LogP contribution in [-0.4, -0.2) is 26.0 Å². The van der Waals surface area contributed by atoms with Crippen LogP contribution in [0.15, 0.2) is 0 Å². The number of carbonyl (C=O) groups excluding carboxylic acids is 1. The molecule has 0 aliphatic carbocycles. The quantitative estimate of drug-likeness (QED) is 0.372. The smallest absolute Gasteiger partial charge is 0.263 e. The van der Waals surface area contributed by atoms with Gasteiger partial charge in [-0.3, -0.25) is 9.35 Å². The third-order valence-corrected chi connectivity index (χ3v) is 1.97. The van der Waals surface area contributed by atoms with Gasteiger partial charge in [-0.25, -0.2) is 8.51 Å². The van der Waals surface area contributed by atoms with Gasteiger partial charge in [0, 0.05) is 6.54 Å². The largest absolute Gasteiger partial charge is 0.289 e. The number of nitrogens with zero attached hydrogens (tertiary/aromatic N) is 1. The molecule has 0 aromatic heterocycles. The summed E-state index contributed by atoms with van der Waals surface area (Å²) in [7, 11) is 0. The van der Waals surface area contributed by atoms with Crippen molar-refractivity contribution in [1.82, 2.24) is 4.31 Å². The van der Waals surface area contributed by atoms with Crippen molar-refractivity contribution in [3.05, 3.63) is 0 Å². The molecule has 0 bridgehead atoms. The van der Waals surface area contributed by atoms with E-state index in [9.17, 15) is 9.00 Å². The van der Waals surface area contributed by atoms with Gasteiger partial charge >= 0.3 is 0 Å². The molecule has 0 aromatic rings. The molecule has 1 N–H and O–H groups in total. The second-order valence-electron chi connectivity index (χ2n) is 2.18. The summed E-state index contributed by atoms with van der Waals surface area (Å²) in [6.45, 7) is 2.39. The summed E-state index contributed by atoms with van der Waals surface area (Å²) in [6, 6.07) is 0. The van der Waals surface area contributed by atoms with Crippen LogP contribution < -0.4 is 0 Å². The van der Waals surface area contributed by atoms with E-state index in [0.717, 1.165) is 23.6 Å². The first-order chi connectivity index (χ1) is 5.22. The van der Waals surface area contributed by atoms with Crippen molar-refractivity contribution in [2.45, 2.75) is 26.2 Å². The zero-order valence-electron chi connectivity index (χ0n) is 6.52. The van der Waals surface area contributed by atoms with E-state index < -0.39 is 11.3 Å². The fourth-order valence-corrected chi connectivity index (χ4v) is 1.04. The van der Waals surface area contributed by atoms with Crippen LogP contribution in [0.5, 0.6) is 0 Å². The lowest BCUT2D eigenvalue weighted by atomic mass is 10.2. The Kier molecular flexibility index (Phi) is 6.06. The SMILES string of the molecule is CCCCCN(C=O)S(=O)O. The van der Waals surface area contributed by atoms with Crippen molar-refractivity contribution in [3.63, 3.8) is 0 Å². The van der Waals surface area contributed by atoms with Crippen LogP contribution in [0.4, 0.5) is 0 Å². The monoisotopic (exact) mass is 179 g/mol. The first-order valence-electron chi connectivity index (χ1n) is 3.55. The molecule has 66 valence electrons. The molecular formula is C6H13NO3S. The molecule has 0 aliphatic rings. The minimum atomic E-state index is -2.14. The summed E-state index contributed by atoms with van der Waals surface area (Å²) in [5.41, 5.74) is 0. The minimum absolute atomic E-state index is 0.362. The average Bonchev–Trinajstić information content (AvgIpc) is 1.97. The van der Waals surface area contributed by atoms with Gasteiger partial charge in [0.2, 0.25) is 6.41 Å². The molecule has 0 radical (unpaired) electrons. The van der Waals surface area contributed by atoms with E-state index >= 15 is 0 Å². The van der Waals surface area contributed by atoms with Gasteiger partial charge in [0.25, 0.3) is 11.3 Å². The summed E-state index contributed by atoms with van der Waals surface area (Å²) < 4.78 is 19.7. The van der Waals surface area contributed by atoms with Crippen molar-refractivity contribution in [1.29, 1.82) is 0 Å². The molecule has 0 saturated heterocycles. The minimum Gasteiger partial charge on any atom is -0.289 e. The van der Waals surface area contributed by atoms with E-state index in [1.165, 1.54) is 0 Å². The summed E-state index contributed by atoms with van der Waals surface area (Å²) in [5.74, 6) is 0. The second-order valence-corrected chi connectivity index (χ2v) is 3.11. The Morgan fingerprint density at radius 3 is 2.55 bits per heavy atom. The van der Waals surface area contributed by atoms with Crippen LogP contribution in [0.25, 0.3) is 0 Å². The number of rotatable bonds is 6. The molecule has 0 aliphatic heterocycles. The summed E-state index contributed by atoms with van der Waals surface area (Å²) in [5, 5.41) is 0. The van der Waals surface area contributed by atoms with Crippen LogP contribution in [-0.2, 0) is 16.1 Å². The predicted octanol–water partition coefficient (Wildman–Crippen LogP) is 0.772. The zero-order valence-corrected chi connectivity index (χ0v) is 7.34. The van der Waals surface area contributed by atoms with Crippen LogP contribution in [0, 0.1) is 0 Å². The van der Waals surface area contributed by atoms with E-state index in [1.807, 2.05) is 6.92 Å². The van der Waals surface area contributed by atoms with Gasteiger partial charge in [0.05, 0.1) is 0 Å². The molecule has 1 unspecified atom stereocenters. The standard InChI is InChI=1S/C6H13NO3S/c1-2-3-4-5-7(6-8)11(9)10/h6H,2-5H2,1H3,(H,9,10). The number of hydrogen-bond acceptors (Lipinski definition) is 2. The fraction of sp³-hybridized carbons (Fsp3) is 0.833. The summed E-state index contributed by atoms with van der Waals surface area (Å²) in [6.07, 6.45) is 3.18. The molecule has 5 heteroatoms. The third kappa shape index (κ3) is 4.92. The van der Waals surface area contributed by atoms with Gasteiger partial charge in [0.15, 0.2) is 0 Å². The highest BCUT2D eigenvalue weighted by molar-refractivity contribution is 7.77. The molecule has 1 atom stereocenters. The molecule has 0 aromatic carbocycles. The molecule has 0 heterocycles. The Bertz CT molecular complexity index is 140. The van der Waals surface area contributed by atoms with Crippen molar-refractivity contribution in [2.24, 2.45) is 0 Å². The van der Waals surface area contributed by atoms with Gasteiger partial charge < -0.3 is 0 Å². The van der Waals surface area contributed by atoms with Gasteiger partial charge in [-0.15, -0.1) is 0 Å². The molecule has 0 saturated carbocycles. The van der Waals surface area contributed by atoms with Crippen LogP contribution in [0.1, 0.15) is 26.2 Å². The second kappa shape index (κ2) is 6.30. The van der Waals surface area contributed by atoms with Gasteiger partial charge in [-0.05, 0) is 6.42 Å². The lowest BCUT2D eigenvalue weighted by Gasteiger charge is -2.10. The Balaban J connectivity index is 3.52. The maximum atomic E-state index is 10.3. The number of hydrogen-bond donors (Lipinski definition) is 1. The fourth-order valence-electron chi connectivity index (χ4n) is 0.685. The van der Waals surface area contributed by atoms with E-state index in [-0.39, 0.29) is 0 Å². The summed E-state index contributed by atoms with van der Waals surface area (Å²) in [4.78, 5) is 10.1. The van der Waals surface area contributed by atoms with Crippen molar-refractivity contribution < 1.29 is 13.6 Å². The zero-order chi connectivity index (χ0) is 8.69. The highest BCUT2D eigenvalue weighted by Gasteiger charge is 2.05. The van der Waals surface area contributed by atoms with E-state index in [1.54, 1.807) is 0 Å². The summed E-state index contributed by atoms with van der Waals surface area (Å²) >= 11 is -2.14. The maximum absolute atomic E-state index is 10.3. The van der Waals surface area contributed by atoms with Gasteiger partial charge in [0.1, 0.15) is 0 Å². The predicted molar refractivity (Wildman–Crippen MR) is 43.1 cm³/mol. The molecule has 0 rings (SSSR count). The third-order valence-electron chi connectivity index (χ3n) is 1.30. The molecule has 0 fully saturated rings. The molecule has 1 amide bonds. The van der Waals surface area contributed by atoms with Gasteiger partial charge in [-0.1, -0.05) is 19.8 Å². The van der Waals surface area contributed by atoms with E-state index in [2.05, 4.69) is 0 Å². The first-order valence-corrected chi connectivity index (χ1v) is 4.61. The molecular weight excluding hydrogens is 166 g/mol. The van der Waals surface area contributed by atoms with Crippen LogP contribution >= 0.6 is 0 Å². The number of carbonyl (C=O) groups is 1.